The van der Waals surface area contributed by atoms with Crippen LogP contribution in [0.5, 0.6) is 5.75 Å². The monoisotopic (exact) mass is 523 g/mol. The van der Waals surface area contributed by atoms with E-state index < -0.39 is 0 Å². The molecule has 10 nitrogen and oxygen atoms in total. The van der Waals surface area contributed by atoms with Gasteiger partial charge in [0.25, 0.3) is 0 Å². The van der Waals surface area contributed by atoms with Crippen molar-refractivity contribution in [3.05, 3.63) is 29.8 Å². The summed E-state index contributed by atoms with van der Waals surface area (Å²) in [6, 6.07) is 7.28. The van der Waals surface area contributed by atoms with Gasteiger partial charge in [0.15, 0.2) is 0 Å². The van der Waals surface area contributed by atoms with Gasteiger partial charge in [-0.1, -0.05) is 18.1 Å². The number of carbonyl (C=O) groups is 2. The first kappa shape index (κ1) is 29.7. The predicted octanol–water partition coefficient (Wildman–Crippen LogP) is 1.08. The molecule has 0 radical (unpaired) electrons. The molecule has 2 unspecified atom stereocenters. The molecule has 1 aromatic rings. The van der Waals surface area contributed by atoms with Crippen molar-refractivity contribution >= 4 is 23.7 Å². The maximum Gasteiger partial charge on any atom is 0.318 e. The summed E-state index contributed by atoms with van der Waals surface area (Å²) in [6.07, 6.45) is 5.62. The van der Waals surface area contributed by atoms with E-state index in [0.29, 0.717) is 59.1 Å². The van der Waals surface area contributed by atoms with Crippen LogP contribution < -0.4 is 15.4 Å². The van der Waals surface area contributed by atoms with Crippen LogP contribution in [0.3, 0.4) is 0 Å². The molecule has 2 atom stereocenters. The predicted molar refractivity (Wildman–Crippen MR) is 138 cm³/mol. The minimum Gasteiger partial charge on any atom is -0.497 e. The zero-order chi connectivity index (χ0) is 26.0. The Morgan fingerprint density at radius 1 is 1.19 bits per heavy atom. The summed E-state index contributed by atoms with van der Waals surface area (Å²) in [5, 5.41) is 15.1. The van der Waals surface area contributed by atoms with E-state index in [1.54, 1.807) is 12.0 Å². The van der Waals surface area contributed by atoms with Crippen LogP contribution in [0.25, 0.3) is 0 Å². The van der Waals surface area contributed by atoms with E-state index >= 15 is 0 Å². The lowest BCUT2D eigenvalue weighted by Gasteiger charge is -2.38. The number of nitrogens with one attached hydrogen (secondary N) is 2. The number of benzene rings is 1. The molecule has 0 bridgehead atoms. The van der Waals surface area contributed by atoms with Crippen LogP contribution in [-0.2, 0) is 25.5 Å². The Morgan fingerprint density at radius 2 is 1.89 bits per heavy atom. The highest BCUT2D eigenvalue weighted by Gasteiger charge is 2.33. The number of aliphatic hydroxyl groups excluding tert-OH is 1. The molecule has 0 saturated carbocycles. The summed E-state index contributed by atoms with van der Waals surface area (Å²) in [5.74, 6) is 3.25. The Bertz CT molecular complexity index is 819. The highest BCUT2D eigenvalue weighted by atomic mass is 32.2. The first-order valence-corrected chi connectivity index (χ1v) is 13.0. The van der Waals surface area contributed by atoms with Crippen LogP contribution in [0, 0.1) is 18.3 Å². The third kappa shape index (κ3) is 11.5. The fourth-order valence-corrected chi connectivity index (χ4v) is 4.59. The van der Waals surface area contributed by atoms with Crippen molar-refractivity contribution in [3.8, 4) is 18.1 Å². The smallest absolute Gasteiger partial charge is 0.318 e. The highest BCUT2D eigenvalue weighted by Crippen LogP contribution is 2.25. The van der Waals surface area contributed by atoms with Gasteiger partial charge in [0, 0.05) is 32.2 Å². The molecule has 1 aliphatic heterocycles. The van der Waals surface area contributed by atoms with Crippen molar-refractivity contribution < 1.29 is 33.6 Å². The number of methoxy groups -OCH3 is 1. The van der Waals surface area contributed by atoms with Gasteiger partial charge in [-0.3, -0.25) is 4.79 Å². The Labute approximate surface area is 217 Å². The Morgan fingerprint density at radius 3 is 2.56 bits per heavy atom. The quantitative estimate of drug-likeness (QED) is 0.193. The van der Waals surface area contributed by atoms with Crippen molar-refractivity contribution in [2.75, 3.05) is 72.2 Å². The van der Waals surface area contributed by atoms with Crippen LogP contribution >= 0.6 is 11.8 Å². The number of carbonyl (C=O) groups excluding carboxylic acids is 2. The minimum atomic E-state index is -0.251. The number of nitrogens with zero attached hydrogens (tertiary/aromatic N) is 1. The van der Waals surface area contributed by atoms with E-state index in [-0.39, 0.29) is 42.2 Å². The van der Waals surface area contributed by atoms with Crippen LogP contribution in [0.4, 0.5) is 4.79 Å². The van der Waals surface area contributed by atoms with Crippen LogP contribution in [0.1, 0.15) is 12.0 Å². The van der Waals surface area contributed by atoms with E-state index in [2.05, 4.69) is 16.6 Å². The number of thioether (sulfide) groups is 1. The van der Waals surface area contributed by atoms with Crippen molar-refractivity contribution in [3.63, 3.8) is 0 Å². The topological polar surface area (TPSA) is 119 Å². The lowest BCUT2D eigenvalue weighted by Crippen LogP contribution is -2.56. The lowest BCUT2D eigenvalue weighted by atomic mass is 10.0. The fourth-order valence-electron chi connectivity index (χ4n) is 3.48. The molecule has 2 rings (SSSR count). The summed E-state index contributed by atoms with van der Waals surface area (Å²) in [6.45, 7) is 3.71. The van der Waals surface area contributed by atoms with E-state index in [4.69, 9.17) is 25.4 Å². The summed E-state index contributed by atoms with van der Waals surface area (Å²) in [5.41, 5.74) is 0.969. The van der Waals surface area contributed by atoms with Gasteiger partial charge in [-0.15, -0.1) is 18.2 Å². The first-order valence-electron chi connectivity index (χ1n) is 11.9. The Kier molecular flexibility index (Phi) is 14.8. The van der Waals surface area contributed by atoms with Gasteiger partial charge in [-0.25, -0.2) is 4.79 Å². The van der Waals surface area contributed by atoms with Crippen molar-refractivity contribution in [2.24, 2.45) is 5.92 Å². The minimum absolute atomic E-state index is 0.00794. The number of amides is 3. The van der Waals surface area contributed by atoms with Crippen LogP contribution in [-0.4, -0.2) is 99.5 Å². The number of rotatable bonds is 18. The molecular formula is C25H37N3O7S. The number of urea groups is 1. The Balaban J connectivity index is 1.65. The molecule has 3 amide bonds. The van der Waals surface area contributed by atoms with Gasteiger partial charge < -0.3 is 39.6 Å². The molecule has 36 heavy (non-hydrogen) atoms. The van der Waals surface area contributed by atoms with Gasteiger partial charge >= 0.3 is 6.03 Å². The maximum absolute atomic E-state index is 12.6. The molecule has 1 heterocycles. The van der Waals surface area contributed by atoms with Crippen molar-refractivity contribution in [1.29, 1.82) is 0 Å². The molecule has 3 N–H and O–H groups in total. The second kappa shape index (κ2) is 17.9. The SMILES string of the molecule is C#CCOCCOCCOCCN1CC(CCO)C(SCC(=O)NCc2ccc(OC)cc2)NC1=O. The number of terminal acetylenes is 1. The molecular weight excluding hydrogens is 486 g/mol. The van der Waals surface area contributed by atoms with Gasteiger partial charge in [0.1, 0.15) is 12.4 Å². The number of aliphatic hydroxyl groups is 1. The molecule has 1 aliphatic rings. The number of hydrogen-bond acceptors (Lipinski definition) is 8. The summed E-state index contributed by atoms with van der Waals surface area (Å²) < 4.78 is 21.2. The molecule has 200 valence electrons. The zero-order valence-electron chi connectivity index (χ0n) is 20.8. The lowest BCUT2D eigenvalue weighted by molar-refractivity contribution is -0.118. The Hall–Kier alpha value is -2.49. The normalized spacial score (nSPS) is 17.4. The van der Waals surface area contributed by atoms with Crippen molar-refractivity contribution in [2.45, 2.75) is 18.3 Å². The maximum atomic E-state index is 12.6. The van der Waals surface area contributed by atoms with Gasteiger partial charge in [-0.2, -0.15) is 0 Å². The fraction of sp³-hybridized carbons (Fsp3) is 0.600. The standard InChI is InChI=1S/C25H37N3O7S/c1-3-11-33-13-15-35-16-14-34-12-9-28-18-21(8-10-29)24(27-25(28)31)36-19-23(30)26-17-20-4-6-22(32-2)7-5-20/h1,4-7,21,24,29H,8-19H2,2H3,(H,26,30)(H,27,31). The van der Waals surface area contributed by atoms with Crippen molar-refractivity contribution in [1.82, 2.24) is 15.5 Å². The van der Waals surface area contributed by atoms with Crippen LogP contribution in [0.2, 0.25) is 0 Å². The summed E-state index contributed by atoms with van der Waals surface area (Å²) >= 11 is 1.37. The van der Waals surface area contributed by atoms with Crippen LogP contribution in [0.15, 0.2) is 24.3 Å². The molecule has 1 saturated heterocycles. The summed E-state index contributed by atoms with van der Waals surface area (Å²) in [7, 11) is 1.61. The largest absolute Gasteiger partial charge is 0.497 e. The van der Waals surface area contributed by atoms with E-state index in [9.17, 15) is 14.7 Å². The molecule has 1 aromatic carbocycles. The molecule has 0 aliphatic carbocycles. The summed E-state index contributed by atoms with van der Waals surface area (Å²) in [4.78, 5) is 26.6. The number of ether oxygens (including phenoxy) is 4. The second-order valence-corrected chi connectivity index (χ2v) is 9.14. The van der Waals surface area contributed by atoms with E-state index in [0.717, 1.165) is 11.3 Å². The molecule has 0 spiro atoms. The van der Waals surface area contributed by atoms with E-state index in [1.807, 2.05) is 24.3 Å². The average molecular weight is 524 g/mol. The third-order valence-electron chi connectivity index (χ3n) is 5.41. The molecule has 11 heteroatoms. The van der Waals surface area contributed by atoms with Gasteiger partial charge in [-0.05, 0) is 24.1 Å². The molecule has 0 aromatic heterocycles. The first-order chi connectivity index (χ1) is 17.6. The number of hydrogen-bond donors (Lipinski definition) is 3. The van der Waals surface area contributed by atoms with E-state index in [1.165, 1.54) is 11.8 Å². The van der Waals surface area contributed by atoms with Gasteiger partial charge in [0.2, 0.25) is 5.91 Å². The van der Waals surface area contributed by atoms with Gasteiger partial charge in [0.05, 0.1) is 51.3 Å². The zero-order valence-corrected chi connectivity index (χ0v) is 21.6. The highest BCUT2D eigenvalue weighted by molar-refractivity contribution is 8.00. The second-order valence-electron chi connectivity index (χ2n) is 8.01. The average Bonchev–Trinajstić information content (AvgIpc) is 2.89. The molecule has 1 fully saturated rings. The third-order valence-corrected chi connectivity index (χ3v) is 6.70.